The summed E-state index contributed by atoms with van der Waals surface area (Å²) in [6.07, 6.45) is 6.37. The fraction of sp³-hybridized carbons (Fsp3) is 0.400. The molecule has 64 valence electrons. The van der Waals surface area contributed by atoms with E-state index in [9.17, 15) is 0 Å². The number of aromatic nitrogens is 1. The van der Waals surface area contributed by atoms with E-state index in [1.165, 1.54) is 16.1 Å². The number of ether oxygens (including phenoxy) is 1. The van der Waals surface area contributed by atoms with Crippen molar-refractivity contribution in [3.8, 4) is 0 Å². The topological polar surface area (TPSA) is 25.0 Å². The molecule has 1 aromatic heterocycles. The summed E-state index contributed by atoms with van der Waals surface area (Å²) in [6, 6.07) is 0. The van der Waals surface area contributed by atoms with E-state index in [2.05, 4.69) is 18.0 Å². The molecule has 1 aliphatic carbocycles. The summed E-state index contributed by atoms with van der Waals surface area (Å²) >= 11 is 0. The second-order valence-electron chi connectivity index (χ2n) is 3.13. The third-order valence-electron chi connectivity index (χ3n) is 2.35. The van der Waals surface area contributed by atoms with Crippen LogP contribution in [-0.2, 0) is 4.74 Å². The highest BCUT2D eigenvalue weighted by Crippen LogP contribution is 2.08. The Bertz CT molecular complexity index is 400. The number of rotatable bonds is 1. The summed E-state index contributed by atoms with van der Waals surface area (Å²) < 4.78 is 5.33. The molecule has 0 atom stereocenters. The molecule has 0 saturated carbocycles. The summed E-state index contributed by atoms with van der Waals surface area (Å²) in [6.45, 7) is 2.10. The van der Waals surface area contributed by atoms with E-state index in [4.69, 9.17) is 4.74 Å². The molecule has 0 amide bonds. The van der Waals surface area contributed by atoms with Crippen LogP contribution in [0.3, 0.4) is 0 Å². The molecule has 0 unspecified atom stereocenters. The monoisotopic (exact) mass is 163 g/mol. The molecular weight excluding hydrogens is 150 g/mol. The maximum Gasteiger partial charge on any atom is 0.105 e. The molecule has 0 bridgehead atoms. The Hall–Kier alpha value is -1.18. The molecule has 1 heterocycles. The van der Waals surface area contributed by atoms with Crippen LogP contribution in [0.5, 0.6) is 0 Å². The Morgan fingerprint density at radius 2 is 2.33 bits per heavy atom. The minimum Gasteiger partial charge on any atom is -0.500 e. The molecule has 0 fully saturated rings. The van der Waals surface area contributed by atoms with Gasteiger partial charge in [-0.05, 0) is 18.9 Å². The standard InChI is InChI=1S/C10H13NO/c1-7-6-11-8-4-3-5-9(12-2)10(7)8/h4,6,11H,3,5H2,1-2H3. The van der Waals surface area contributed by atoms with Gasteiger partial charge in [0.15, 0.2) is 0 Å². The lowest BCUT2D eigenvalue weighted by Crippen LogP contribution is -2.29. The first-order chi connectivity index (χ1) is 5.83. The summed E-state index contributed by atoms with van der Waals surface area (Å²) in [7, 11) is 1.75. The molecule has 0 radical (unpaired) electrons. The minimum atomic E-state index is 1.03. The lowest BCUT2D eigenvalue weighted by Gasteiger charge is -2.07. The summed E-state index contributed by atoms with van der Waals surface area (Å²) in [4.78, 5) is 3.23. The van der Waals surface area contributed by atoms with Gasteiger partial charge in [-0.2, -0.15) is 0 Å². The highest BCUT2D eigenvalue weighted by atomic mass is 16.5. The number of methoxy groups -OCH3 is 1. The van der Waals surface area contributed by atoms with Crippen LogP contribution in [0.1, 0.15) is 18.4 Å². The largest absolute Gasteiger partial charge is 0.500 e. The number of aromatic amines is 1. The molecule has 2 rings (SSSR count). The number of hydrogen-bond donors (Lipinski definition) is 1. The number of fused-ring (bicyclic) bond motifs is 1. The van der Waals surface area contributed by atoms with Crippen molar-refractivity contribution in [3.63, 3.8) is 0 Å². The van der Waals surface area contributed by atoms with Gasteiger partial charge in [0.1, 0.15) is 5.76 Å². The van der Waals surface area contributed by atoms with Gasteiger partial charge in [0.25, 0.3) is 0 Å². The second kappa shape index (κ2) is 2.70. The molecule has 12 heavy (non-hydrogen) atoms. The van der Waals surface area contributed by atoms with E-state index < -0.39 is 0 Å². The Balaban J connectivity index is 2.83. The molecule has 0 spiro atoms. The number of H-pyrrole nitrogens is 1. The van der Waals surface area contributed by atoms with E-state index in [1.54, 1.807) is 7.11 Å². The van der Waals surface area contributed by atoms with Crippen LogP contribution in [-0.4, -0.2) is 12.1 Å². The van der Waals surface area contributed by atoms with Crippen LogP contribution < -0.4 is 10.6 Å². The molecule has 0 saturated heterocycles. The van der Waals surface area contributed by atoms with Crippen LogP contribution in [0, 0.1) is 6.92 Å². The first-order valence-corrected chi connectivity index (χ1v) is 4.24. The average molecular weight is 163 g/mol. The third kappa shape index (κ3) is 0.951. The molecule has 2 heteroatoms. The predicted octanol–water partition coefficient (Wildman–Crippen LogP) is 0.652. The maximum absolute atomic E-state index is 5.33. The smallest absolute Gasteiger partial charge is 0.105 e. The van der Waals surface area contributed by atoms with Gasteiger partial charge in [-0.25, -0.2) is 0 Å². The Morgan fingerprint density at radius 1 is 1.50 bits per heavy atom. The van der Waals surface area contributed by atoms with Crippen molar-refractivity contribution in [2.24, 2.45) is 0 Å². The van der Waals surface area contributed by atoms with Crippen molar-refractivity contribution in [2.75, 3.05) is 7.11 Å². The van der Waals surface area contributed by atoms with Gasteiger partial charge in [0.05, 0.1) is 7.11 Å². The normalized spacial score (nSPS) is 15.3. The van der Waals surface area contributed by atoms with Crippen molar-refractivity contribution >= 4 is 11.8 Å². The van der Waals surface area contributed by atoms with Crippen molar-refractivity contribution < 1.29 is 4.74 Å². The zero-order valence-electron chi connectivity index (χ0n) is 7.48. The summed E-state index contributed by atoms with van der Waals surface area (Å²) in [5.74, 6) is 1.12. The quantitative estimate of drug-likeness (QED) is 0.646. The van der Waals surface area contributed by atoms with Gasteiger partial charge in [0.2, 0.25) is 0 Å². The summed E-state index contributed by atoms with van der Waals surface area (Å²) in [5.41, 5.74) is 1.28. The van der Waals surface area contributed by atoms with E-state index in [-0.39, 0.29) is 0 Å². The van der Waals surface area contributed by atoms with Gasteiger partial charge in [0, 0.05) is 23.2 Å². The van der Waals surface area contributed by atoms with Crippen LogP contribution >= 0.6 is 0 Å². The maximum atomic E-state index is 5.33. The molecule has 1 N–H and O–H groups in total. The molecule has 0 aliphatic heterocycles. The van der Waals surface area contributed by atoms with Crippen LogP contribution in [0.2, 0.25) is 0 Å². The fourth-order valence-corrected chi connectivity index (χ4v) is 1.75. The minimum absolute atomic E-state index is 1.03. The van der Waals surface area contributed by atoms with Gasteiger partial charge >= 0.3 is 0 Å². The summed E-state index contributed by atoms with van der Waals surface area (Å²) in [5, 5.41) is 2.49. The molecular formula is C10H13NO. The zero-order chi connectivity index (χ0) is 8.55. The van der Waals surface area contributed by atoms with Crippen molar-refractivity contribution in [2.45, 2.75) is 19.8 Å². The van der Waals surface area contributed by atoms with Crippen LogP contribution in [0.15, 0.2) is 6.20 Å². The predicted molar refractivity (Wildman–Crippen MR) is 48.9 cm³/mol. The van der Waals surface area contributed by atoms with Crippen LogP contribution in [0.25, 0.3) is 11.8 Å². The van der Waals surface area contributed by atoms with Gasteiger partial charge in [-0.1, -0.05) is 6.08 Å². The van der Waals surface area contributed by atoms with Gasteiger partial charge < -0.3 is 9.72 Å². The molecule has 1 aromatic rings. The lowest BCUT2D eigenvalue weighted by atomic mass is 10.1. The average Bonchev–Trinajstić information content (AvgIpc) is 2.48. The Kier molecular flexibility index (Phi) is 1.68. The van der Waals surface area contributed by atoms with Gasteiger partial charge in [-0.3, -0.25) is 0 Å². The fourth-order valence-electron chi connectivity index (χ4n) is 1.75. The Labute approximate surface area is 71.6 Å². The number of hydrogen-bond acceptors (Lipinski definition) is 1. The molecule has 2 nitrogen and oxygen atoms in total. The first-order valence-electron chi connectivity index (χ1n) is 4.24. The molecule has 0 aromatic carbocycles. The van der Waals surface area contributed by atoms with Gasteiger partial charge in [-0.15, -0.1) is 0 Å². The highest BCUT2D eigenvalue weighted by molar-refractivity contribution is 5.46. The molecule has 1 aliphatic rings. The van der Waals surface area contributed by atoms with Crippen molar-refractivity contribution in [1.29, 1.82) is 0 Å². The number of nitrogens with one attached hydrogen (secondary N) is 1. The highest BCUT2D eigenvalue weighted by Gasteiger charge is 2.06. The van der Waals surface area contributed by atoms with E-state index in [0.717, 1.165) is 18.6 Å². The third-order valence-corrected chi connectivity index (χ3v) is 2.35. The van der Waals surface area contributed by atoms with Crippen molar-refractivity contribution in [3.05, 3.63) is 22.3 Å². The van der Waals surface area contributed by atoms with E-state index in [0.29, 0.717) is 0 Å². The Morgan fingerprint density at radius 3 is 3.08 bits per heavy atom. The first kappa shape index (κ1) is 7.47. The van der Waals surface area contributed by atoms with Crippen LogP contribution in [0.4, 0.5) is 0 Å². The van der Waals surface area contributed by atoms with Crippen molar-refractivity contribution in [1.82, 2.24) is 4.98 Å². The zero-order valence-corrected chi connectivity index (χ0v) is 7.48. The van der Waals surface area contributed by atoms with E-state index in [1.807, 2.05) is 6.20 Å². The lowest BCUT2D eigenvalue weighted by molar-refractivity contribution is 0.348. The SMILES string of the molecule is COC1=c2c(C)c[nH]c2=CCC1. The second-order valence-corrected chi connectivity index (χ2v) is 3.13. The number of aryl methyl sites for hydroxylation is 1. The van der Waals surface area contributed by atoms with E-state index >= 15 is 0 Å².